The van der Waals surface area contributed by atoms with Crippen LogP contribution < -0.4 is 5.32 Å². The molecule has 6 nitrogen and oxygen atoms in total. The van der Waals surface area contributed by atoms with Gasteiger partial charge in [0.1, 0.15) is 17.1 Å². The van der Waals surface area contributed by atoms with Gasteiger partial charge in [-0.3, -0.25) is 9.48 Å². The molecule has 0 fully saturated rings. The van der Waals surface area contributed by atoms with Gasteiger partial charge in [-0.1, -0.05) is 6.07 Å². The van der Waals surface area contributed by atoms with Crippen LogP contribution in [0.5, 0.6) is 11.5 Å². The van der Waals surface area contributed by atoms with Crippen LogP contribution in [0.4, 0.5) is 0 Å². The van der Waals surface area contributed by atoms with Crippen LogP contribution in [-0.2, 0) is 13.5 Å². The number of phenolic OH excluding ortho intramolecular Hbond substituents is 2. The number of aromatic nitrogens is 2. The average Bonchev–Trinajstić information content (AvgIpc) is 2.75. The summed E-state index contributed by atoms with van der Waals surface area (Å²) in [6, 6.07) is 6.05. The van der Waals surface area contributed by atoms with Crippen LogP contribution >= 0.6 is 0 Å². The number of hydrogen-bond acceptors (Lipinski definition) is 4. The molecule has 1 aromatic carbocycles. The second kappa shape index (κ2) is 5.43. The van der Waals surface area contributed by atoms with Crippen LogP contribution in [0.25, 0.3) is 0 Å². The number of rotatable bonds is 4. The van der Waals surface area contributed by atoms with E-state index in [1.807, 2.05) is 13.1 Å². The lowest BCUT2D eigenvalue weighted by atomic mass is 10.1. The standard InChI is InChI=1S/C13H15N3O3/c1-16-9(6-8-15-16)5-7-14-13(19)12-10(17)3-2-4-11(12)18/h2-4,6,8,17-18H,5,7H2,1H3,(H,14,19). The van der Waals surface area contributed by atoms with E-state index in [2.05, 4.69) is 10.4 Å². The summed E-state index contributed by atoms with van der Waals surface area (Å²) in [5.41, 5.74) is 0.884. The number of nitrogens with zero attached hydrogens (tertiary/aromatic N) is 2. The highest BCUT2D eigenvalue weighted by atomic mass is 16.3. The Kier molecular flexibility index (Phi) is 3.70. The lowest BCUT2D eigenvalue weighted by Crippen LogP contribution is -2.26. The van der Waals surface area contributed by atoms with Crippen molar-refractivity contribution in [1.82, 2.24) is 15.1 Å². The van der Waals surface area contributed by atoms with Gasteiger partial charge in [-0.05, 0) is 18.2 Å². The van der Waals surface area contributed by atoms with Crippen molar-refractivity contribution in [3.8, 4) is 11.5 Å². The number of carbonyl (C=O) groups is 1. The molecule has 0 aliphatic heterocycles. The molecule has 2 rings (SSSR count). The molecular formula is C13H15N3O3. The number of aromatic hydroxyl groups is 2. The lowest BCUT2D eigenvalue weighted by molar-refractivity contribution is 0.0948. The Balaban J connectivity index is 1.97. The van der Waals surface area contributed by atoms with Crippen LogP contribution in [-0.4, -0.2) is 32.4 Å². The highest BCUT2D eigenvalue weighted by Crippen LogP contribution is 2.25. The van der Waals surface area contributed by atoms with Crippen LogP contribution in [0.2, 0.25) is 0 Å². The van der Waals surface area contributed by atoms with Gasteiger partial charge in [-0.15, -0.1) is 0 Å². The van der Waals surface area contributed by atoms with E-state index in [9.17, 15) is 15.0 Å². The highest BCUT2D eigenvalue weighted by Gasteiger charge is 2.15. The van der Waals surface area contributed by atoms with Crippen LogP contribution in [0, 0.1) is 0 Å². The molecule has 19 heavy (non-hydrogen) atoms. The first-order chi connectivity index (χ1) is 9.09. The average molecular weight is 261 g/mol. The monoisotopic (exact) mass is 261 g/mol. The summed E-state index contributed by atoms with van der Waals surface area (Å²) in [4.78, 5) is 11.8. The molecule has 0 unspecified atom stereocenters. The summed E-state index contributed by atoms with van der Waals surface area (Å²) in [5.74, 6) is -0.978. The second-order valence-corrected chi connectivity index (χ2v) is 4.12. The van der Waals surface area contributed by atoms with Crippen molar-refractivity contribution >= 4 is 5.91 Å². The lowest BCUT2D eigenvalue weighted by Gasteiger charge is -2.08. The molecule has 0 aliphatic rings. The Bertz CT molecular complexity index is 572. The quantitative estimate of drug-likeness (QED) is 0.759. The second-order valence-electron chi connectivity index (χ2n) is 4.12. The number of aryl methyl sites for hydroxylation is 1. The zero-order valence-electron chi connectivity index (χ0n) is 10.5. The normalized spacial score (nSPS) is 10.4. The van der Waals surface area contributed by atoms with Crippen LogP contribution in [0.3, 0.4) is 0 Å². The smallest absolute Gasteiger partial charge is 0.258 e. The molecule has 0 saturated carbocycles. The molecule has 0 radical (unpaired) electrons. The molecule has 0 saturated heterocycles. The van der Waals surface area contributed by atoms with Crippen molar-refractivity contribution < 1.29 is 15.0 Å². The van der Waals surface area contributed by atoms with Gasteiger partial charge in [0.05, 0.1) is 0 Å². The summed E-state index contributed by atoms with van der Waals surface area (Å²) in [6.07, 6.45) is 2.31. The van der Waals surface area contributed by atoms with Gasteiger partial charge in [-0.2, -0.15) is 5.10 Å². The van der Waals surface area contributed by atoms with E-state index in [-0.39, 0.29) is 17.1 Å². The predicted octanol–water partition coefficient (Wildman–Crippen LogP) is 0.804. The Morgan fingerprint density at radius 1 is 1.32 bits per heavy atom. The first kappa shape index (κ1) is 12.9. The van der Waals surface area contributed by atoms with E-state index in [1.54, 1.807) is 10.9 Å². The summed E-state index contributed by atoms with van der Waals surface area (Å²) in [5, 5.41) is 25.8. The van der Waals surface area contributed by atoms with Crippen LogP contribution in [0.15, 0.2) is 30.5 Å². The maximum absolute atomic E-state index is 11.8. The Hall–Kier alpha value is -2.50. The van der Waals surface area contributed by atoms with Gasteiger partial charge in [0, 0.05) is 31.9 Å². The minimum atomic E-state index is -0.502. The Morgan fingerprint density at radius 3 is 2.58 bits per heavy atom. The molecule has 0 atom stereocenters. The third kappa shape index (κ3) is 2.85. The van der Waals surface area contributed by atoms with Gasteiger partial charge in [0.15, 0.2) is 0 Å². The number of carbonyl (C=O) groups excluding carboxylic acids is 1. The summed E-state index contributed by atoms with van der Waals surface area (Å²) in [6.45, 7) is 0.395. The molecule has 3 N–H and O–H groups in total. The van der Waals surface area contributed by atoms with Crippen molar-refractivity contribution in [1.29, 1.82) is 0 Å². The minimum absolute atomic E-state index is 0.104. The molecule has 100 valence electrons. The number of benzene rings is 1. The molecule has 0 bridgehead atoms. The topological polar surface area (TPSA) is 87.4 Å². The third-order valence-electron chi connectivity index (χ3n) is 2.84. The Morgan fingerprint density at radius 2 is 2.00 bits per heavy atom. The molecular weight excluding hydrogens is 246 g/mol. The molecule has 2 aromatic rings. The fraction of sp³-hybridized carbons (Fsp3) is 0.231. The molecule has 1 aromatic heterocycles. The van der Waals surface area contributed by atoms with Gasteiger partial charge in [-0.25, -0.2) is 0 Å². The number of amides is 1. The number of phenols is 2. The SMILES string of the molecule is Cn1nccc1CCNC(=O)c1c(O)cccc1O. The summed E-state index contributed by atoms with van der Waals surface area (Å²) in [7, 11) is 1.83. The van der Waals surface area contributed by atoms with E-state index in [1.165, 1.54) is 18.2 Å². The summed E-state index contributed by atoms with van der Waals surface area (Å²) >= 11 is 0. The molecule has 0 spiro atoms. The zero-order valence-corrected chi connectivity index (χ0v) is 10.5. The van der Waals surface area contributed by atoms with E-state index in [0.29, 0.717) is 13.0 Å². The molecule has 1 amide bonds. The predicted molar refractivity (Wildman–Crippen MR) is 69.0 cm³/mol. The fourth-order valence-electron chi connectivity index (χ4n) is 1.80. The first-order valence-electron chi connectivity index (χ1n) is 5.85. The van der Waals surface area contributed by atoms with Crippen molar-refractivity contribution in [3.05, 3.63) is 41.7 Å². The van der Waals surface area contributed by atoms with E-state index in [0.717, 1.165) is 5.69 Å². The largest absolute Gasteiger partial charge is 0.507 e. The minimum Gasteiger partial charge on any atom is -0.507 e. The maximum atomic E-state index is 11.8. The third-order valence-corrected chi connectivity index (χ3v) is 2.84. The van der Waals surface area contributed by atoms with E-state index >= 15 is 0 Å². The number of nitrogens with one attached hydrogen (secondary N) is 1. The Labute approximate surface area is 110 Å². The van der Waals surface area contributed by atoms with Gasteiger partial charge >= 0.3 is 0 Å². The fourth-order valence-corrected chi connectivity index (χ4v) is 1.80. The van der Waals surface area contributed by atoms with Gasteiger partial charge in [0.2, 0.25) is 0 Å². The van der Waals surface area contributed by atoms with E-state index < -0.39 is 5.91 Å². The van der Waals surface area contributed by atoms with Crippen molar-refractivity contribution in [2.45, 2.75) is 6.42 Å². The van der Waals surface area contributed by atoms with Gasteiger partial charge < -0.3 is 15.5 Å². The van der Waals surface area contributed by atoms with Crippen LogP contribution in [0.1, 0.15) is 16.1 Å². The number of hydrogen-bond donors (Lipinski definition) is 3. The molecule has 0 aliphatic carbocycles. The summed E-state index contributed by atoms with van der Waals surface area (Å²) < 4.78 is 1.73. The molecule has 6 heteroatoms. The van der Waals surface area contributed by atoms with Crippen molar-refractivity contribution in [2.75, 3.05) is 6.54 Å². The van der Waals surface area contributed by atoms with Gasteiger partial charge in [0.25, 0.3) is 5.91 Å². The zero-order chi connectivity index (χ0) is 13.8. The highest BCUT2D eigenvalue weighted by molar-refractivity contribution is 5.99. The molecule has 1 heterocycles. The van der Waals surface area contributed by atoms with Crippen molar-refractivity contribution in [3.63, 3.8) is 0 Å². The first-order valence-corrected chi connectivity index (χ1v) is 5.85. The van der Waals surface area contributed by atoms with E-state index in [4.69, 9.17) is 0 Å². The van der Waals surface area contributed by atoms with Crippen molar-refractivity contribution in [2.24, 2.45) is 7.05 Å². The maximum Gasteiger partial charge on any atom is 0.258 e.